The second kappa shape index (κ2) is 13.6. The average Bonchev–Trinajstić information content (AvgIpc) is 3.22. The molecule has 2 saturated heterocycles. The number of unbranched alkanes of at least 4 members (excludes halogenated alkanes) is 1. The van der Waals surface area contributed by atoms with Crippen molar-refractivity contribution in [3.8, 4) is 17.2 Å². The van der Waals surface area contributed by atoms with Crippen LogP contribution in [0.4, 0.5) is 4.39 Å². The molecule has 2 aromatic rings. The number of ketones is 1. The Morgan fingerprint density at radius 2 is 1.73 bits per heavy atom. The highest BCUT2D eigenvalue weighted by molar-refractivity contribution is 6.46. The van der Waals surface area contributed by atoms with Crippen LogP contribution in [0.5, 0.6) is 17.2 Å². The third-order valence-electron chi connectivity index (χ3n) is 7.20. The molecule has 0 aliphatic carbocycles. The van der Waals surface area contributed by atoms with Crippen molar-refractivity contribution in [3.63, 3.8) is 0 Å². The van der Waals surface area contributed by atoms with Gasteiger partial charge >= 0.3 is 0 Å². The van der Waals surface area contributed by atoms with E-state index in [-0.39, 0.29) is 23.4 Å². The molecule has 40 heavy (non-hydrogen) atoms. The number of carbonyl (C=O) groups is 2. The number of ether oxygens (including phenoxy) is 4. The van der Waals surface area contributed by atoms with Gasteiger partial charge in [0, 0.05) is 31.7 Å². The van der Waals surface area contributed by atoms with E-state index in [1.165, 1.54) is 31.3 Å². The van der Waals surface area contributed by atoms with Crippen molar-refractivity contribution < 1.29 is 38.0 Å². The molecule has 2 aliphatic rings. The van der Waals surface area contributed by atoms with Gasteiger partial charge in [-0.1, -0.05) is 19.4 Å². The number of hydrogen-bond acceptors (Lipinski definition) is 8. The van der Waals surface area contributed by atoms with E-state index in [2.05, 4.69) is 11.8 Å². The molecule has 4 rings (SSSR count). The normalized spacial score (nSPS) is 19.2. The smallest absolute Gasteiger partial charge is 0.295 e. The van der Waals surface area contributed by atoms with Gasteiger partial charge in [0.05, 0.1) is 45.7 Å². The number of methoxy groups -OCH3 is 2. The van der Waals surface area contributed by atoms with Gasteiger partial charge in [0.1, 0.15) is 5.76 Å². The zero-order valence-electron chi connectivity index (χ0n) is 23.3. The molecular formula is C30H37FN2O7. The van der Waals surface area contributed by atoms with Gasteiger partial charge in [-0.2, -0.15) is 0 Å². The Kier molecular flexibility index (Phi) is 10.0. The van der Waals surface area contributed by atoms with E-state index in [0.29, 0.717) is 43.3 Å². The Morgan fingerprint density at radius 3 is 2.40 bits per heavy atom. The van der Waals surface area contributed by atoms with Crippen molar-refractivity contribution in [1.82, 2.24) is 9.80 Å². The van der Waals surface area contributed by atoms with E-state index in [1.54, 1.807) is 18.2 Å². The van der Waals surface area contributed by atoms with Gasteiger partial charge in [-0.05, 0) is 48.7 Å². The molecule has 2 fully saturated rings. The Bertz CT molecular complexity index is 1240. The molecule has 1 N–H and O–H groups in total. The van der Waals surface area contributed by atoms with Crippen molar-refractivity contribution >= 4 is 17.4 Å². The minimum absolute atomic E-state index is 0.0000576. The first-order chi connectivity index (χ1) is 19.4. The summed E-state index contributed by atoms with van der Waals surface area (Å²) in [6.45, 7) is 6.55. The molecule has 2 heterocycles. The first-order valence-electron chi connectivity index (χ1n) is 13.6. The summed E-state index contributed by atoms with van der Waals surface area (Å²) in [5.74, 6) is -1.71. The lowest BCUT2D eigenvalue weighted by atomic mass is 9.94. The van der Waals surface area contributed by atoms with Gasteiger partial charge in [0.2, 0.25) is 0 Å². The van der Waals surface area contributed by atoms with Crippen LogP contribution in [0, 0.1) is 5.82 Å². The third kappa shape index (κ3) is 6.39. The standard InChI is InChI=1S/C30H37FN2O7/c1-4-5-15-40-24-10-7-20(19-25(24)38-3)27-26(28(34)21-8-9-23(37-2)22(31)18-21)29(35)30(36)33(27)12-6-11-32-13-16-39-17-14-32/h7-10,18-19,27,34H,4-6,11-17H2,1-3H3. The van der Waals surface area contributed by atoms with Crippen LogP contribution in [-0.4, -0.2) is 86.8 Å². The number of likely N-dealkylation sites (tertiary alicyclic amines) is 1. The number of hydrogen-bond donors (Lipinski definition) is 1. The summed E-state index contributed by atoms with van der Waals surface area (Å²) in [6.07, 6.45) is 2.48. The van der Waals surface area contributed by atoms with Crippen LogP contribution in [0.1, 0.15) is 43.4 Å². The van der Waals surface area contributed by atoms with Crippen molar-refractivity contribution in [2.45, 2.75) is 32.2 Å². The van der Waals surface area contributed by atoms with Gasteiger partial charge < -0.3 is 29.0 Å². The molecule has 1 unspecified atom stereocenters. The molecule has 216 valence electrons. The molecule has 10 heteroatoms. The van der Waals surface area contributed by atoms with E-state index in [1.807, 2.05) is 0 Å². The molecule has 0 bridgehead atoms. The van der Waals surface area contributed by atoms with Crippen LogP contribution in [0.15, 0.2) is 42.0 Å². The fraction of sp³-hybridized carbons (Fsp3) is 0.467. The molecule has 2 aromatic carbocycles. The van der Waals surface area contributed by atoms with Gasteiger partial charge in [-0.15, -0.1) is 0 Å². The summed E-state index contributed by atoms with van der Waals surface area (Å²) in [6, 6.07) is 8.22. The van der Waals surface area contributed by atoms with Crippen LogP contribution in [-0.2, 0) is 14.3 Å². The van der Waals surface area contributed by atoms with Crippen LogP contribution >= 0.6 is 0 Å². The zero-order valence-corrected chi connectivity index (χ0v) is 23.3. The Balaban J connectivity index is 1.72. The molecular weight excluding hydrogens is 519 g/mol. The molecule has 1 atom stereocenters. The van der Waals surface area contributed by atoms with Gasteiger partial charge in [-0.25, -0.2) is 4.39 Å². The van der Waals surface area contributed by atoms with E-state index in [4.69, 9.17) is 18.9 Å². The van der Waals surface area contributed by atoms with E-state index >= 15 is 0 Å². The van der Waals surface area contributed by atoms with Crippen LogP contribution in [0.2, 0.25) is 0 Å². The second-order valence-electron chi connectivity index (χ2n) is 9.76. The summed E-state index contributed by atoms with van der Waals surface area (Å²) in [5, 5.41) is 11.3. The summed E-state index contributed by atoms with van der Waals surface area (Å²) < 4.78 is 36.3. The maximum Gasteiger partial charge on any atom is 0.295 e. The summed E-state index contributed by atoms with van der Waals surface area (Å²) in [7, 11) is 2.86. The lowest BCUT2D eigenvalue weighted by molar-refractivity contribution is -0.140. The first-order valence-corrected chi connectivity index (χ1v) is 13.6. The molecule has 0 aromatic heterocycles. The lowest BCUT2D eigenvalue weighted by Crippen LogP contribution is -2.39. The lowest BCUT2D eigenvalue weighted by Gasteiger charge is -2.29. The second-order valence-corrected chi connectivity index (χ2v) is 9.76. The zero-order chi connectivity index (χ0) is 28.6. The summed E-state index contributed by atoms with van der Waals surface area (Å²) >= 11 is 0. The molecule has 0 radical (unpaired) electrons. The third-order valence-corrected chi connectivity index (χ3v) is 7.20. The van der Waals surface area contributed by atoms with E-state index < -0.39 is 29.3 Å². The molecule has 0 saturated carbocycles. The number of amides is 1. The number of carbonyl (C=O) groups excluding carboxylic acids is 2. The van der Waals surface area contributed by atoms with Crippen molar-refractivity contribution in [3.05, 3.63) is 58.9 Å². The minimum atomic E-state index is -0.895. The Hall–Kier alpha value is -3.63. The minimum Gasteiger partial charge on any atom is -0.507 e. The van der Waals surface area contributed by atoms with Gasteiger partial charge in [0.25, 0.3) is 11.7 Å². The predicted octanol–water partition coefficient (Wildman–Crippen LogP) is 4.17. The quantitative estimate of drug-likeness (QED) is 0.180. The largest absolute Gasteiger partial charge is 0.507 e. The fourth-order valence-corrected chi connectivity index (χ4v) is 5.02. The number of nitrogens with zero attached hydrogens (tertiary/aromatic N) is 2. The number of morpholine rings is 1. The molecule has 2 aliphatic heterocycles. The van der Waals surface area contributed by atoms with Gasteiger partial charge in [-0.3, -0.25) is 14.5 Å². The number of halogens is 1. The highest BCUT2D eigenvalue weighted by Gasteiger charge is 2.46. The van der Waals surface area contributed by atoms with Crippen molar-refractivity contribution in [1.29, 1.82) is 0 Å². The highest BCUT2D eigenvalue weighted by atomic mass is 19.1. The van der Waals surface area contributed by atoms with Crippen LogP contribution in [0.25, 0.3) is 5.76 Å². The molecule has 0 spiro atoms. The summed E-state index contributed by atoms with van der Waals surface area (Å²) in [4.78, 5) is 30.4. The summed E-state index contributed by atoms with van der Waals surface area (Å²) in [5.41, 5.74) is 0.532. The van der Waals surface area contributed by atoms with Crippen molar-refractivity contribution in [2.75, 3.05) is 60.2 Å². The average molecular weight is 557 g/mol. The number of aliphatic hydroxyl groups is 1. The van der Waals surface area contributed by atoms with Crippen LogP contribution < -0.4 is 14.2 Å². The molecule has 1 amide bonds. The maximum absolute atomic E-state index is 14.5. The number of rotatable bonds is 12. The monoisotopic (exact) mass is 556 g/mol. The fourth-order valence-electron chi connectivity index (χ4n) is 5.02. The topological polar surface area (TPSA) is 97.8 Å². The Morgan fingerprint density at radius 1 is 1.00 bits per heavy atom. The van der Waals surface area contributed by atoms with E-state index in [0.717, 1.165) is 38.5 Å². The van der Waals surface area contributed by atoms with Crippen molar-refractivity contribution in [2.24, 2.45) is 0 Å². The Labute approximate surface area is 234 Å². The van der Waals surface area contributed by atoms with Crippen LogP contribution in [0.3, 0.4) is 0 Å². The highest BCUT2D eigenvalue weighted by Crippen LogP contribution is 2.42. The van der Waals surface area contributed by atoms with Gasteiger partial charge in [0.15, 0.2) is 23.1 Å². The maximum atomic E-state index is 14.5. The number of Topliss-reactive ketones (excluding diaryl/α,β-unsaturated/α-hetero) is 1. The first kappa shape index (κ1) is 29.4. The number of aliphatic hydroxyl groups excluding tert-OH is 1. The number of benzene rings is 2. The van der Waals surface area contributed by atoms with E-state index in [9.17, 15) is 19.1 Å². The SMILES string of the molecule is CCCCOc1ccc(C2C(=C(O)c3ccc(OC)c(F)c3)C(=O)C(=O)N2CCCN2CCOCC2)cc1OC. The predicted molar refractivity (Wildman–Crippen MR) is 147 cm³/mol. The molecule has 9 nitrogen and oxygen atoms in total.